The fourth-order valence-corrected chi connectivity index (χ4v) is 2.56. The lowest BCUT2D eigenvalue weighted by atomic mass is 10.1. The molecule has 0 fully saturated rings. The van der Waals surface area contributed by atoms with Gasteiger partial charge in [0.2, 0.25) is 0 Å². The number of nitrogens with zero attached hydrogens (tertiary/aromatic N) is 1. The first-order chi connectivity index (χ1) is 12.1. The number of benzene rings is 1. The van der Waals surface area contributed by atoms with Gasteiger partial charge < -0.3 is 20.4 Å². The smallest absolute Gasteiger partial charge is 0.191 e. The molecule has 1 aromatic carbocycles. The van der Waals surface area contributed by atoms with Gasteiger partial charge >= 0.3 is 0 Å². The molecule has 0 saturated carbocycles. The van der Waals surface area contributed by atoms with Crippen LogP contribution in [0.3, 0.4) is 0 Å². The molecule has 5 nitrogen and oxygen atoms in total. The lowest BCUT2D eigenvalue weighted by Crippen LogP contribution is -2.39. The van der Waals surface area contributed by atoms with E-state index in [0.29, 0.717) is 12.5 Å². The van der Waals surface area contributed by atoms with Gasteiger partial charge in [0, 0.05) is 43.8 Å². The number of rotatable bonds is 9. The minimum atomic E-state index is -0.212. The van der Waals surface area contributed by atoms with Crippen LogP contribution in [-0.4, -0.2) is 44.3 Å². The number of guanidine groups is 1. The van der Waals surface area contributed by atoms with E-state index < -0.39 is 0 Å². The summed E-state index contributed by atoms with van der Waals surface area (Å²) in [6.07, 6.45) is 3.80. The van der Waals surface area contributed by atoms with Crippen LogP contribution in [0.5, 0.6) is 0 Å². The molecule has 0 atom stereocenters. The minimum absolute atomic E-state index is 0.212. The van der Waals surface area contributed by atoms with Crippen LogP contribution in [0, 0.1) is 11.7 Å². The topological polar surface area (TPSA) is 61.4 Å². The van der Waals surface area contributed by atoms with Crippen molar-refractivity contribution in [2.24, 2.45) is 10.9 Å². The highest BCUT2D eigenvalue weighted by Crippen LogP contribution is 2.19. The summed E-state index contributed by atoms with van der Waals surface area (Å²) in [7, 11) is 1.75. The number of hydrogen-bond acceptors (Lipinski definition) is 2. The Morgan fingerprint density at radius 2 is 2.04 bits per heavy atom. The number of aliphatic imine (C=N–C) groups is 1. The van der Waals surface area contributed by atoms with E-state index in [1.807, 2.05) is 6.20 Å². The summed E-state index contributed by atoms with van der Waals surface area (Å²) in [6.45, 7) is 7.27. The fraction of sp³-hybridized carbons (Fsp3) is 0.526. The van der Waals surface area contributed by atoms with Crippen LogP contribution in [0.4, 0.5) is 4.39 Å². The molecule has 0 aliphatic carbocycles. The van der Waals surface area contributed by atoms with Crippen LogP contribution in [0.25, 0.3) is 10.9 Å². The van der Waals surface area contributed by atoms with Crippen molar-refractivity contribution in [3.05, 3.63) is 35.8 Å². The molecule has 6 heteroatoms. The molecule has 1 heterocycles. The number of aromatic nitrogens is 1. The van der Waals surface area contributed by atoms with Crippen molar-refractivity contribution < 1.29 is 9.13 Å². The molecule has 0 unspecified atom stereocenters. The Hall–Kier alpha value is -2.08. The Labute approximate surface area is 149 Å². The molecule has 1 aromatic heterocycles. The molecule has 0 bridgehead atoms. The first-order valence-electron chi connectivity index (χ1n) is 8.88. The molecule has 0 amide bonds. The zero-order chi connectivity index (χ0) is 18.1. The first kappa shape index (κ1) is 19.2. The molecular weight excluding hydrogens is 319 g/mol. The summed E-state index contributed by atoms with van der Waals surface area (Å²) in [5.74, 6) is 1.20. The highest BCUT2D eigenvalue weighted by atomic mass is 19.1. The third-order valence-electron chi connectivity index (χ3n) is 4.02. The van der Waals surface area contributed by atoms with Gasteiger partial charge in [-0.05, 0) is 42.5 Å². The van der Waals surface area contributed by atoms with E-state index in [9.17, 15) is 4.39 Å². The van der Waals surface area contributed by atoms with Crippen LogP contribution in [-0.2, 0) is 11.2 Å². The van der Waals surface area contributed by atoms with Crippen LogP contribution >= 0.6 is 0 Å². The molecule has 0 spiro atoms. The van der Waals surface area contributed by atoms with Crippen LogP contribution in [0.1, 0.15) is 25.8 Å². The number of fused-ring (bicyclic) bond motifs is 1. The van der Waals surface area contributed by atoms with Gasteiger partial charge in [0.1, 0.15) is 5.82 Å². The van der Waals surface area contributed by atoms with Crippen LogP contribution in [0.2, 0.25) is 0 Å². The van der Waals surface area contributed by atoms with E-state index in [2.05, 4.69) is 34.5 Å². The average molecular weight is 348 g/mol. The Balaban J connectivity index is 1.69. The van der Waals surface area contributed by atoms with Gasteiger partial charge in [0.15, 0.2) is 5.96 Å². The van der Waals surface area contributed by atoms with Crippen molar-refractivity contribution in [2.75, 3.05) is 33.4 Å². The second-order valence-electron chi connectivity index (χ2n) is 6.47. The zero-order valence-corrected chi connectivity index (χ0v) is 15.4. The predicted octanol–water partition coefficient (Wildman–Crippen LogP) is 3.08. The number of aromatic amines is 1. The quantitative estimate of drug-likeness (QED) is 0.371. The van der Waals surface area contributed by atoms with Crippen molar-refractivity contribution in [1.29, 1.82) is 0 Å². The summed E-state index contributed by atoms with van der Waals surface area (Å²) in [6, 6.07) is 4.81. The molecular formula is C19H29FN4O. The highest BCUT2D eigenvalue weighted by Gasteiger charge is 2.05. The van der Waals surface area contributed by atoms with Crippen molar-refractivity contribution >= 4 is 16.9 Å². The highest BCUT2D eigenvalue weighted by molar-refractivity contribution is 5.83. The van der Waals surface area contributed by atoms with E-state index in [1.165, 1.54) is 6.07 Å². The molecule has 138 valence electrons. The number of ether oxygens (including phenoxy) is 1. The van der Waals surface area contributed by atoms with E-state index in [-0.39, 0.29) is 5.82 Å². The number of hydrogen-bond donors (Lipinski definition) is 3. The van der Waals surface area contributed by atoms with E-state index in [4.69, 9.17) is 4.74 Å². The molecule has 0 aliphatic heterocycles. The van der Waals surface area contributed by atoms with Crippen molar-refractivity contribution in [2.45, 2.75) is 26.7 Å². The summed E-state index contributed by atoms with van der Waals surface area (Å²) in [5.41, 5.74) is 2.05. The molecule has 2 rings (SSSR count). The Kier molecular flexibility index (Phi) is 7.73. The maximum Gasteiger partial charge on any atom is 0.191 e. The number of halogens is 1. The Morgan fingerprint density at radius 3 is 2.80 bits per heavy atom. The Morgan fingerprint density at radius 1 is 1.24 bits per heavy atom. The van der Waals surface area contributed by atoms with E-state index >= 15 is 0 Å². The summed E-state index contributed by atoms with van der Waals surface area (Å²) >= 11 is 0. The van der Waals surface area contributed by atoms with Crippen molar-refractivity contribution in [1.82, 2.24) is 15.6 Å². The van der Waals surface area contributed by atoms with Crippen LogP contribution < -0.4 is 10.6 Å². The maximum atomic E-state index is 13.4. The molecule has 0 aliphatic rings. The first-order valence-corrected chi connectivity index (χ1v) is 8.88. The second kappa shape index (κ2) is 10.0. The molecule has 2 aromatic rings. The molecule has 3 N–H and O–H groups in total. The third-order valence-corrected chi connectivity index (χ3v) is 4.02. The van der Waals surface area contributed by atoms with Gasteiger partial charge in [-0.15, -0.1) is 0 Å². The lowest BCUT2D eigenvalue weighted by molar-refractivity contribution is 0.128. The lowest BCUT2D eigenvalue weighted by Gasteiger charge is -2.12. The van der Waals surface area contributed by atoms with E-state index in [0.717, 1.165) is 55.0 Å². The monoisotopic (exact) mass is 348 g/mol. The predicted molar refractivity (Wildman–Crippen MR) is 102 cm³/mol. The van der Waals surface area contributed by atoms with Gasteiger partial charge in [-0.1, -0.05) is 13.8 Å². The maximum absolute atomic E-state index is 13.4. The molecule has 0 saturated heterocycles. The molecule has 25 heavy (non-hydrogen) atoms. The summed E-state index contributed by atoms with van der Waals surface area (Å²) in [4.78, 5) is 7.37. The Bertz CT molecular complexity index is 681. The minimum Gasteiger partial charge on any atom is -0.380 e. The second-order valence-corrected chi connectivity index (χ2v) is 6.47. The van der Waals surface area contributed by atoms with Gasteiger partial charge in [-0.25, -0.2) is 4.39 Å². The van der Waals surface area contributed by atoms with E-state index in [1.54, 1.807) is 19.2 Å². The van der Waals surface area contributed by atoms with Crippen molar-refractivity contribution in [3.63, 3.8) is 0 Å². The van der Waals surface area contributed by atoms with Gasteiger partial charge in [0.05, 0.1) is 6.61 Å². The fourth-order valence-electron chi connectivity index (χ4n) is 2.56. The SMILES string of the molecule is CN=C(NCCOCCC(C)C)NCCc1c[nH]c2ccc(F)cc12. The number of H-pyrrole nitrogens is 1. The van der Waals surface area contributed by atoms with Gasteiger partial charge in [0.25, 0.3) is 0 Å². The average Bonchev–Trinajstić information content (AvgIpc) is 2.98. The third kappa shape index (κ3) is 6.38. The van der Waals surface area contributed by atoms with Crippen LogP contribution in [0.15, 0.2) is 29.4 Å². The summed E-state index contributed by atoms with van der Waals surface area (Å²) < 4.78 is 19.0. The zero-order valence-electron chi connectivity index (χ0n) is 15.4. The largest absolute Gasteiger partial charge is 0.380 e. The van der Waals surface area contributed by atoms with Gasteiger partial charge in [-0.3, -0.25) is 4.99 Å². The van der Waals surface area contributed by atoms with Gasteiger partial charge in [-0.2, -0.15) is 0 Å². The van der Waals surface area contributed by atoms with Crippen molar-refractivity contribution in [3.8, 4) is 0 Å². The number of nitrogens with one attached hydrogen (secondary N) is 3. The summed E-state index contributed by atoms with van der Waals surface area (Å²) in [5, 5.41) is 7.44. The molecule has 0 radical (unpaired) electrons. The standard InChI is InChI=1S/C19H29FN4O/c1-14(2)7-10-25-11-9-23-19(21-3)22-8-6-15-13-24-18-5-4-16(20)12-17(15)18/h4-5,12-14,24H,6-11H2,1-3H3,(H2,21,22,23). The normalized spacial score (nSPS) is 12.1.